The second-order valence-corrected chi connectivity index (χ2v) is 5.58. The van der Waals surface area contributed by atoms with Gasteiger partial charge >= 0.3 is 5.97 Å². The van der Waals surface area contributed by atoms with Crippen LogP contribution in [0.4, 0.5) is 0 Å². The average molecular weight is 259 g/mol. The van der Waals surface area contributed by atoms with Crippen molar-refractivity contribution in [1.29, 1.82) is 0 Å². The lowest BCUT2D eigenvalue weighted by Gasteiger charge is -2.20. The number of likely N-dealkylation sites (tertiary alicyclic amines) is 1. The molecule has 4 nitrogen and oxygen atoms in total. The summed E-state index contributed by atoms with van der Waals surface area (Å²) in [4.78, 5) is 24.4. The maximum atomic E-state index is 11.9. The van der Waals surface area contributed by atoms with Crippen molar-refractivity contribution in [2.45, 2.75) is 32.6 Å². The Labute approximate surface area is 107 Å². The molecule has 1 amide bonds. The number of hydrogen-bond acceptors (Lipinski definition) is 3. The van der Waals surface area contributed by atoms with Crippen molar-refractivity contribution >= 4 is 23.6 Å². The minimum atomic E-state index is -0.792. The second kappa shape index (κ2) is 7.58. The van der Waals surface area contributed by atoms with Crippen LogP contribution < -0.4 is 0 Å². The van der Waals surface area contributed by atoms with E-state index >= 15 is 0 Å². The third kappa shape index (κ3) is 5.44. The average Bonchev–Trinajstić information content (AvgIpc) is 2.57. The van der Waals surface area contributed by atoms with Gasteiger partial charge in [0.2, 0.25) is 5.91 Å². The minimum Gasteiger partial charge on any atom is -0.481 e. The number of hydrogen-bond donors (Lipinski definition) is 1. The largest absolute Gasteiger partial charge is 0.481 e. The maximum Gasteiger partial charge on any atom is 0.307 e. The van der Waals surface area contributed by atoms with Crippen LogP contribution >= 0.6 is 11.8 Å². The Hall–Kier alpha value is -0.710. The molecule has 1 aliphatic heterocycles. The third-order valence-electron chi connectivity index (χ3n) is 2.97. The van der Waals surface area contributed by atoms with Gasteiger partial charge in [0.15, 0.2) is 0 Å². The molecule has 1 fully saturated rings. The van der Waals surface area contributed by atoms with Gasteiger partial charge in [0.05, 0.1) is 11.7 Å². The number of carbonyl (C=O) groups is 2. The monoisotopic (exact) mass is 259 g/mol. The van der Waals surface area contributed by atoms with E-state index < -0.39 is 5.97 Å². The predicted octanol–water partition coefficient (Wildman–Crippen LogP) is 1.84. The van der Waals surface area contributed by atoms with Crippen molar-refractivity contribution in [1.82, 2.24) is 4.90 Å². The van der Waals surface area contributed by atoms with E-state index in [4.69, 9.17) is 5.11 Å². The van der Waals surface area contributed by atoms with Crippen LogP contribution in [0.5, 0.6) is 0 Å². The highest BCUT2D eigenvalue weighted by Gasteiger charge is 2.16. The van der Waals surface area contributed by atoms with Crippen LogP contribution in [0.3, 0.4) is 0 Å². The topological polar surface area (TPSA) is 57.6 Å². The number of carbonyl (C=O) groups excluding carboxylic acids is 1. The van der Waals surface area contributed by atoms with Crippen molar-refractivity contribution in [3.05, 3.63) is 0 Å². The Morgan fingerprint density at radius 3 is 2.35 bits per heavy atom. The fourth-order valence-corrected chi connectivity index (χ4v) is 2.78. The molecule has 0 saturated carbocycles. The maximum absolute atomic E-state index is 11.9. The molecular formula is C12H21NO3S. The first kappa shape index (κ1) is 14.4. The quantitative estimate of drug-likeness (QED) is 0.818. The second-order valence-electron chi connectivity index (χ2n) is 4.55. The molecular weight excluding hydrogens is 238 g/mol. The number of aliphatic carboxylic acids is 1. The minimum absolute atomic E-state index is 0.162. The summed E-state index contributed by atoms with van der Waals surface area (Å²) in [6.07, 6.45) is 4.63. The molecule has 0 radical (unpaired) electrons. The van der Waals surface area contributed by atoms with Crippen LogP contribution in [0.2, 0.25) is 0 Å². The molecule has 1 N–H and O–H groups in total. The fourth-order valence-electron chi connectivity index (χ4n) is 1.81. The molecule has 1 rings (SSSR count). The Kier molecular flexibility index (Phi) is 6.40. The van der Waals surface area contributed by atoms with Gasteiger partial charge in [-0.05, 0) is 12.8 Å². The van der Waals surface area contributed by atoms with E-state index in [9.17, 15) is 9.59 Å². The molecule has 98 valence electrons. The molecule has 0 spiro atoms. The first-order valence-electron chi connectivity index (χ1n) is 6.19. The highest BCUT2D eigenvalue weighted by molar-refractivity contribution is 7.99. The number of thioether (sulfide) groups is 1. The zero-order valence-corrected chi connectivity index (χ0v) is 11.2. The lowest BCUT2D eigenvalue weighted by Crippen LogP contribution is -2.33. The molecule has 0 aliphatic carbocycles. The molecule has 0 bridgehead atoms. The summed E-state index contributed by atoms with van der Waals surface area (Å²) in [6, 6.07) is 0. The van der Waals surface area contributed by atoms with E-state index in [2.05, 4.69) is 0 Å². The standard InChI is InChI=1S/C12H21NO3S/c1-10(12(15)16)8-17-9-11(14)13-6-4-2-3-5-7-13/h10H,2-9H2,1H3,(H,15,16). The van der Waals surface area contributed by atoms with Gasteiger partial charge in [0.1, 0.15) is 0 Å². The lowest BCUT2D eigenvalue weighted by molar-refractivity contribution is -0.140. The Balaban J connectivity index is 2.21. The van der Waals surface area contributed by atoms with Crippen LogP contribution in [0.1, 0.15) is 32.6 Å². The van der Waals surface area contributed by atoms with E-state index in [0.717, 1.165) is 25.9 Å². The Morgan fingerprint density at radius 2 is 1.82 bits per heavy atom. The normalized spacial score (nSPS) is 18.5. The fraction of sp³-hybridized carbons (Fsp3) is 0.833. The molecule has 17 heavy (non-hydrogen) atoms. The van der Waals surface area contributed by atoms with Gasteiger partial charge in [0.25, 0.3) is 0 Å². The van der Waals surface area contributed by atoms with Crippen molar-refractivity contribution in [3.8, 4) is 0 Å². The highest BCUT2D eigenvalue weighted by atomic mass is 32.2. The summed E-state index contributed by atoms with van der Waals surface area (Å²) in [7, 11) is 0. The molecule has 5 heteroatoms. The smallest absolute Gasteiger partial charge is 0.307 e. The van der Waals surface area contributed by atoms with Gasteiger partial charge < -0.3 is 10.0 Å². The van der Waals surface area contributed by atoms with Crippen molar-refractivity contribution < 1.29 is 14.7 Å². The van der Waals surface area contributed by atoms with E-state index in [1.807, 2.05) is 4.90 Å². The van der Waals surface area contributed by atoms with Gasteiger partial charge in [-0.15, -0.1) is 0 Å². The molecule has 1 aliphatic rings. The zero-order valence-electron chi connectivity index (χ0n) is 10.4. The van der Waals surface area contributed by atoms with Crippen molar-refractivity contribution in [2.75, 3.05) is 24.6 Å². The number of amides is 1. The lowest BCUT2D eigenvalue weighted by atomic mass is 10.2. The van der Waals surface area contributed by atoms with Crippen molar-refractivity contribution in [3.63, 3.8) is 0 Å². The summed E-state index contributed by atoms with van der Waals surface area (Å²) in [5.41, 5.74) is 0. The first-order chi connectivity index (χ1) is 8.11. The molecule has 0 aromatic rings. The van der Waals surface area contributed by atoms with Gasteiger partial charge in [-0.3, -0.25) is 9.59 Å². The highest BCUT2D eigenvalue weighted by Crippen LogP contribution is 2.13. The van der Waals surface area contributed by atoms with Gasteiger partial charge in [0, 0.05) is 18.8 Å². The van der Waals surface area contributed by atoms with Crippen LogP contribution in [-0.2, 0) is 9.59 Å². The summed E-state index contributed by atoms with van der Waals surface area (Å²) < 4.78 is 0. The molecule has 1 heterocycles. The van der Waals surface area contributed by atoms with E-state index in [-0.39, 0.29) is 11.8 Å². The predicted molar refractivity (Wildman–Crippen MR) is 69.2 cm³/mol. The summed E-state index contributed by atoms with van der Waals surface area (Å²) in [5.74, 6) is -0.0851. The molecule has 1 saturated heterocycles. The molecule has 0 aromatic heterocycles. The van der Waals surface area contributed by atoms with Crippen LogP contribution in [0, 0.1) is 5.92 Å². The summed E-state index contributed by atoms with van der Waals surface area (Å²) in [6.45, 7) is 3.41. The number of nitrogens with zero attached hydrogens (tertiary/aromatic N) is 1. The zero-order chi connectivity index (χ0) is 12.7. The number of rotatable bonds is 5. The van der Waals surface area contributed by atoms with Crippen LogP contribution in [0.15, 0.2) is 0 Å². The van der Waals surface area contributed by atoms with Crippen molar-refractivity contribution in [2.24, 2.45) is 5.92 Å². The van der Waals surface area contributed by atoms with Gasteiger partial charge in [-0.25, -0.2) is 0 Å². The van der Waals surface area contributed by atoms with E-state index in [0.29, 0.717) is 11.5 Å². The SMILES string of the molecule is CC(CSCC(=O)N1CCCCCC1)C(=O)O. The van der Waals surface area contributed by atoms with Gasteiger partial charge in [-0.1, -0.05) is 19.8 Å². The third-order valence-corrected chi connectivity index (χ3v) is 4.16. The van der Waals surface area contributed by atoms with E-state index in [1.54, 1.807) is 6.92 Å². The first-order valence-corrected chi connectivity index (χ1v) is 7.35. The number of carboxylic acid groups (broad SMARTS) is 1. The molecule has 1 atom stereocenters. The Bertz CT molecular complexity index is 262. The summed E-state index contributed by atoms with van der Waals surface area (Å²) >= 11 is 1.43. The number of carboxylic acids is 1. The van der Waals surface area contributed by atoms with Gasteiger partial charge in [-0.2, -0.15) is 11.8 Å². The molecule has 1 unspecified atom stereocenters. The van der Waals surface area contributed by atoms with Crippen LogP contribution in [0.25, 0.3) is 0 Å². The summed E-state index contributed by atoms with van der Waals surface area (Å²) in [5, 5.41) is 8.72. The Morgan fingerprint density at radius 1 is 1.24 bits per heavy atom. The van der Waals surface area contributed by atoms with E-state index in [1.165, 1.54) is 24.6 Å². The molecule has 0 aromatic carbocycles. The van der Waals surface area contributed by atoms with Crippen LogP contribution in [-0.4, -0.2) is 46.5 Å².